The Morgan fingerprint density at radius 1 is 0.686 bits per heavy atom. The minimum atomic E-state index is -4.71. The van der Waals surface area contributed by atoms with Crippen LogP contribution in [0.2, 0.25) is 0 Å². The summed E-state index contributed by atoms with van der Waals surface area (Å²) in [6.45, 7) is 0. The third kappa shape index (κ3) is 6.13. The van der Waals surface area contributed by atoms with Gasteiger partial charge in [-0.1, -0.05) is 12.1 Å². The number of hydrogen-bond donors (Lipinski definition) is 2. The number of benzene rings is 3. The fourth-order valence-electron chi connectivity index (χ4n) is 2.98. The molecular formula is C22H13F6N3O4. The number of halogens is 6. The molecule has 0 radical (unpaired) electrons. The van der Waals surface area contributed by atoms with Gasteiger partial charge in [0.15, 0.2) is 0 Å². The molecule has 0 fully saturated rings. The third-order valence-corrected chi connectivity index (χ3v) is 4.60. The zero-order chi connectivity index (χ0) is 26.0. The lowest BCUT2D eigenvalue weighted by molar-refractivity contribution is -0.384. The van der Waals surface area contributed by atoms with Crippen molar-refractivity contribution in [3.05, 3.63) is 99.1 Å². The summed E-state index contributed by atoms with van der Waals surface area (Å²) >= 11 is 0. The Balaban J connectivity index is 1.95. The predicted octanol–water partition coefficient (Wildman–Crippen LogP) is 6.14. The van der Waals surface area contributed by atoms with Crippen LogP contribution in [0.4, 0.5) is 43.4 Å². The van der Waals surface area contributed by atoms with Crippen LogP contribution >= 0.6 is 0 Å². The molecule has 0 spiro atoms. The molecule has 0 saturated heterocycles. The minimum Gasteiger partial charge on any atom is -0.322 e. The van der Waals surface area contributed by atoms with Gasteiger partial charge in [0.05, 0.1) is 27.2 Å². The van der Waals surface area contributed by atoms with E-state index in [0.29, 0.717) is 12.1 Å². The number of non-ortho nitro benzene ring substituents is 1. The van der Waals surface area contributed by atoms with Crippen LogP contribution in [0.15, 0.2) is 66.7 Å². The maximum absolute atomic E-state index is 12.9. The van der Waals surface area contributed by atoms with Crippen molar-refractivity contribution in [2.24, 2.45) is 0 Å². The van der Waals surface area contributed by atoms with E-state index in [0.717, 1.165) is 54.6 Å². The average Bonchev–Trinajstić information content (AvgIpc) is 2.77. The lowest BCUT2D eigenvalue weighted by atomic mass is 10.0. The van der Waals surface area contributed by atoms with Crippen molar-refractivity contribution in [2.45, 2.75) is 12.4 Å². The Morgan fingerprint density at radius 2 is 1.14 bits per heavy atom. The molecule has 0 unspecified atom stereocenters. The molecule has 7 nitrogen and oxygen atoms in total. The van der Waals surface area contributed by atoms with E-state index in [4.69, 9.17) is 0 Å². The van der Waals surface area contributed by atoms with Gasteiger partial charge in [-0.15, -0.1) is 0 Å². The molecule has 182 valence electrons. The number of amides is 2. The number of hydrogen-bond acceptors (Lipinski definition) is 4. The van der Waals surface area contributed by atoms with E-state index in [1.54, 1.807) is 0 Å². The molecule has 3 rings (SSSR count). The van der Waals surface area contributed by atoms with E-state index in [1.807, 2.05) is 0 Å². The van der Waals surface area contributed by atoms with Crippen molar-refractivity contribution < 1.29 is 40.9 Å². The highest BCUT2D eigenvalue weighted by molar-refractivity contribution is 6.15. The van der Waals surface area contributed by atoms with E-state index in [1.165, 1.54) is 0 Å². The first-order chi connectivity index (χ1) is 16.3. The molecule has 0 aliphatic rings. The van der Waals surface area contributed by atoms with Crippen LogP contribution in [0.1, 0.15) is 31.8 Å². The average molecular weight is 497 g/mol. The van der Waals surface area contributed by atoms with Gasteiger partial charge in [0.1, 0.15) is 0 Å². The van der Waals surface area contributed by atoms with Crippen LogP contribution in [0, 0.1) is 10.1 Å². The molecule has 0 heterocycles. The van der Waals surface area contributed by atoms with Gasteiger partial charge in [0, 0.05) is 23.5 Å². The summed E-state index contributed by atoms with van der Waals surface area (Å²) < 4.78 is 77.6. The number of nitro groups is 1. The Bertz CT molecular complexity index is 1300. The lowest BCUT2D eigenvalue weighted by Crippen LogP contribution is -2.21. The van der Waals surface area contributed by atoms with Gasteiger partial charge in [-0.2, -0.15) is 26.3 Å². The molecule has 2 N–H and O–H groups in total. The molecule has 13 heteroatoms. The Labute approximate surface area is 192 Å². The molecular weight excluding hydrogens is 484 g/mol. The Hall–Kier alpha value is -4.42. The summed E-state index contributed by atoms with van der Waals surface area (Å²) in [6, 6.07) is 9.67. The zero-order valence-corrected chi connectivity index (χ0v) is 17.2. The van der Waals surface area contributed by atoms with Gasteiger partial charge in [-0.05, 0) is 42.5 Å². The van der Waals surface area contributed by atoms with Crippen molar-refractivity contribution in [3.63, 3.8) is 0 Å². The molecule has 3 aromatic rings. The molecule has 0 aliphatic heterocycles. The number of anilines is 2. The quantitative estimate of drug-likeness (QED) is 0.251. The zero-order valence-electron chi connectivity index (χ0n) is 17.2. The van der Waals surface area contributed by atoms with Crippen LogP contribution < -0.4 is 10.6 Å². The SMILES string of the molecule is O=C(Nc1cccc(C(F)(F)F)c1)c1ccc([N+](=O)[O-])cc1C(=O)Nc1cccc(C(F)(F)F)c1. The van der Waals surface area contributed by atoms with Crippen LogP contribution in [0.25, 0.3) is 0 Å². The van der Waals surface area contributed by atoms with E-state index >= 15 is 0 Å². The monoisotopic (exact) mass is 497 g/mol. The second-order valence-electron chi connectivity index (χ2n) is 7.05. The van der Waals surface area contributed by atoms with E-state index in [-0.39, 0.29) is 11.4 Å². The number of carbonyl (C=O) groups excluding carboxylic acids is 2. The number of nitro benzene ring substituents is 1. The first-order valence-electron chi connectivity index (χ1n) is 9.51. The number of nitrogens with zero attached hydrogens (tertiary/aromatic N) is 1. The van der Waals surface area contributed by atoms with E-state index in [9.17, 15) is 46.0 Å². The molecule has 0 aliphatic carbocycles. The van der Waals surface area contributed by atoms with Crippen LogP contribution in [-0.2, 0) is 12.4 Å². The molecule has 3 aromatic carbocycles. The second kappa shape index (κ2) is 9.44. The first-order valence-corrected chi connectivity index (χ1v) is 9.51. The Kier molecular flexibility index (Phi) is 6.80. The van der Waals surface area contributed by atoms with Gasteiger partial charge >= 0.3 is 12.4 Å². The maximum Gasteiger partial charge on any atom is 0.416 e. The van der Waals surface area contributed by atoms with Gasteiger partial charge in [-0.25, -0.2) is 0 Å². The third-order valence-electron chi connectivity index (χ3n) is 4.60. The standard InChI is InChI=1S/C22H13F6N3O4/c23-21(24,25)12-3-1-5-14(9-12)29-19(32)17-8-7-16(31(34)35)11-18(17)20(33)30-15-6-2-4-13(10-15)22(26,27)28/h1-11H,(H,29,32)(H,30,33). The number of carbonyl (C=O) groups is 2. The predicted molar refractivity (Wildman–Crippen MR) is 112 cm³/mol. The summed E-state index contributed by atoms with van der Waals surface area (Å²) in [4.78, 5) is 35.8. The van der Waals surface area contributed by atoms with Gasteiger partial charge < -0.3 is 10.6 Å². The molecule has 35 heavy (non-hydrogen) atoms. The summed E-state index contributed by atoms with van der Waals surface area (Å²) in [5.41, 5.74) is -4.35. The van der Waals surface area contributed by atoms with E-state index in [2.05, 4.69) is 10.6 Å². The Morgan fingerprint density at radius 3 is 1.57 bits per heavy atom. The van der Waals surface area contributed by atoms with Gasteiger partial charge in [0.25, 0.3) is 17.5 Å². The number of nitrogens with one attached hydrogen (secondary N) is 2. The highest BCUT2D eigenvalue weighted by Gasteiger charge is 2.32. The first kappa shape index (κ1) is 25.2. The fraction of sp³-hybridized carbons (Fsp3) is 0.0909. The second-order valence-corrected chi connectivity index (χ2v) is 7.05. The molecule has 0 saturated carbocycles. The molecule has 2 amide bonds. The van der Waals surface area contributed by atoms with Crippen molar-refractivity contribution in [3.8, 4) is 0 Å². The summed E-state index contributed by atoms with van der Waals surface area (Å²) in [5, 5.41) is 15.4. The lowest BCUT2D eigenvalue weighted by Gasteiger charge is -2.13. The van der Waals surface area contributed by atoms with E-state index < -0.39 is 57.0 Å². The highest BCUT2D eigenvalue weighted by atomic mass is 19.4. The highest BCUT2D eigenvalue weighted by Crippen LogP contribution is 2.32. The van der Waals surface area contributed by atoms with Crippen LogP contribution in [0.3, 0.4) is 0 Å². The number of alkyl halides is 6. The summed E-state index contributed by atoms with van der Waals surface area (Å²) in [6.07, 6.45) is -9.40. The summed E-state index contributed by atoms with van der Waals surface area (Å²) in [7, 11) is 0. The van der Waals surface area contributed by atoms with Crippen molar-refractivity contribution >= 4 is 28.9 Å². The topological polar surface area (TPSA) is 101 Å². The van der Waals surface area contributed by atoms with Crippen molar-refractivity contribution in [1.82, 2.24) is 0 Å². The van der Waals surface area contributed by atoms with Crippen molar-refractivity contribution in [1.29, 1.82) is 0 Å². The largest absolute Gasteiger partial charge is 0.416 e. The number of rotatable bonds is 5. The smallest absolute Gasteiger partial charge is 0.322 e. The maximum atomic E-state index is 12.9. The van der Waals surface area contributed by atoms with Crippen LogP contribution in [-0.4, -0.2) is 16.7 Å². The normalized spacial score (nSPS) is 11.6. The molecule has 0 aromatic heterocycles. The van der Waals surface area contributed by atoms with Crippen molar-refractivity contribution in [2.75, 3.05) is 10.6 Å². The van der Waals surface area contributed by atoms with Gasteiger partial charge in [0.2, 0.25) is 0 Å². The fourth-order valence-corrected chi connectivity index (χ4v) is 2.98. The minimum absolute atomic E-state index is 0.271. The van der Waals surface area contributed by atoms with Crippen LogP contribution in [0.5, 0.6) is 0 Å². The summed E-state index contributed by atoms with van der Waals surface area (Å²) in [5.74, 6) is -2.23. The molecule has 0 bridgehead atoms. The molecule has 0 atom stereocenters. The van der Waals surface area contributed by atoms with Gasteiger partial charge in [-0.3, -0.25) is 19.7 Å².